The Morgan fingerprint density at radius 3 is 2.43 bits per heavy atom. The van der Waals surface area contributed by atoms with Gasteiger partial charge in [-0.1, -0.05) is 31.2 Å². The van der Waals surface area contributed by atoms with E-state index in [0.29, 0.717) is 17.9 Å². The van der Waals surface area contributed by atoms with Crippen LogP contribution in [0.2, 0.25) is 0 Å². The molecule has 2 saturated heterocycles. The molecule has 0 aliphatic carbocycles. The number of amides is 1. The molecule has 0 spiro atoms. The lowest BCUT2D eigenvalue weighted by atomic mass is 9.93. The molecule has 4 rings (SSSR count). The molecule has 2 aromatic carbocycles. The third kappa shape index (κ3) is 5.26. The Bertz CT molecular complexity index is 1100. The van der Waals surface area contributed by atoms with Crippen molar-refractivity contribution in [2.75, 3.05) is 46.5 Å². The van der Waals surface area contributed by atoms with Crippen LogP contribution in [0.3, 0.4) is 0 Å². The first-order chi connectivity index (χ1) is 16.9. The molecule has 1 amide bonds. The zero-order chi connectivity index (χ0) is 24.9. The molecule has 186 valence electrons. The van der Waals surface area contributed by atoms with E-state index >= 15 is 0 Å². The number of ketones is 1. The van der Waals surface area contributed by atoms with Crippen molar-refractivity contribution in [2.24, 2.45) is 0 Å². The number of aliphatic hydroxyl groups is 1. The largest absolute Gasteiger partial charge is 0.507 e. The van der Waals surface area contributed by atoms with Gasteiger partial charge in [0.25, 0.3) is 11.7 Å². The molecule has 0 bridgehead atoms. The maximum atomic E-state index is 13.3. The Kier molecular flexibility index (Phi) is 7.88. The third-order valence-electron chi connectivity index (χ3n) is 6.91. The highest BCUT2D eigenvalue weighted by Crippen LogP contribution is 2.40. The van der Waals surface area contributed by atoms with E-state index < -0.39 is 17.7 Å². The van der Waals surface area contributed by atoms with Crippen LogP contribution in [0.25, 0.3) is 5.76 Å². The minimum Gasteiger partial charge on any atom is -0.507 e. The average Bonchev–Trinajstić information content (AvgIpc) is 3.14. The van der Waals surface area contributed by atoms with Crippen molar-refractivity contribution in [1.29, 1.82) is 0 Å². The number of likely N-dealkylation sites (tertiary alicyclic amines) is 1. The van der Waals surface area contributed by atoms with Crippen molar-refractivity contribution in [1.82, 2.24) is 9.80 Å². The zero-order valence-electron chi connectivity index (χ0n) is 20.8. The molecule has 35 heavy (non-hydrogen) atoms. The quantitative estimate of drug-likeness (QED) is 0.354. The van der Waals surface area contributed by atoms with E-state index in [4.69, 9.17) is 9.47 Å². The first kappa shape index (κ1) is 24.9. The summed E-state index contributed by atoms with van der Waals surface area (Å²) in [6, 6.07) is 12.6. The van der Waals surface area contributed by atoms with Gasteiger partial charge in [0.05, 0.1) is 31.9 Å². The molecular formula is C28H34N2O5. The lowest BCUT2D eigenvalue weighted by Gasteiger charge is -2.29. The van der Waals surface area contributed by atoms with E-state index in [1.807, 2.05) is 31.2 Å². The molecule has 2 heterocycles. The fourth-order valence-corrected chi connectivity index (χ4v) is 4.86. The van der Waals surface area contributed by atoms with E-state index in [0.717, 1.165) is 56.8 Å². The standard InChI is InChI=1S/C28H34N2O5/c1-4-20-6-8-21(9-7-20)25-24(26(31)23-11-10-22(34-3)18-19(23)2)27(32)28(33)30(25)13-5-12-29-14-16-35-17-15-29/h6-11,18,25,31H,4-5,12-17H2,1-3H3/b26-24+/t25-/m0/s1. The fraction of sp³-hybridized carbons (Fsp3) is 0.429. The van der Waals surface area contributed by atoms with Gasteiger partial charge in [0.1, 0.15) is 11.5 Å². The minimum atomic E-state index is -0.645. The molecule has 0 radical (unpaired) electrons. The number of methoxy groups -OCH3 is 1. The smallest absolute Gasteiger partial charge is 0.295 e. The molecule has 1 atom stereocenters. The Morgan fingerprint density at radius 2 is 1.80 bits per heavy atom. The van der Waals surface area contributed by atoms with Gasteiger partial charge in [-0.05, 0) is 54.7 Å². The summed E-state index contributed by atoms with van der Waals surface area (Å²) in [6.07, 6.45) is 1.63. The van der Waals surface area contributed by atoms with Gasteiger partial charge >= 0.3 is 0 Å². The number of benzene rings is 2. The molecule has 2 aliphatic heterocycles. The van der Waals surface area contributed by atoms with E-state index in [-0.39, 0.29) is 11.3 Å². The van der Waals surface area contributed by atoms with E-state index in [1.54, 1.807) is 30.2 Å². The maximum Gasteiger partial charge on any atom is 0.295 e. The predicted octanol–water partition coefficient (Wildman–Crippen LogP) is 3.71. The molecular weight excluding hydrogens is 444 g/mol. The van der Waals surface area contributed by atoms with E-state index in [2.05, 4.69) is 11.8 Å². The summed E-state index contributed by atoms with van der Waals surface area (Å²) in [5.41, 5.74) is 3.41. The van der Waals surface area contributed by atoms with Gasteiger partial charge in [-0.2, -0.15) is 0 Å². The number of morpholine rings is 1. The molecule has 7 nitrogen and oxygen atoms in total. The topological polar surface area (TPSA) is 79.3 Å². The number of carbonyl (C=O) groups excluding carboxylic acids is 2. The lowest BCUT2D eigenvalue weighted by Crippen LogP contribution is -2.38. The molecule has 7 heteroatoms. The van der Waals surface area contributed by atoms with Crippen LogP contribution in [-0.4, -0.2) is 73.1 Å². The second kappa shape index (κ2) is 11.1. The maximum absolute atomic E-state index is 13.3. The number of ether oxygens (including phenoxy) is 2. The average molecular weight is 479 g/mol. The highest BCUT2D eigenvalue weighted by molar-refractivity contribution is 6.46. The van der Waals surface area contributed by atoms with Crippen LogP contribution in [0.4, 0.5) is 0 Å². The predicted molar refractivity (Wildman–Crippen MR) is 134 cm³/mol. The van der Waals surface area contributed by atoms with Gasteiger partial charge < -0.3 is 19.5 Å². The molecule has 2 aliphatic rings. The SMILES string of the molecule is CCc1ccc([C@H]2/C(=C(\O)c3ccc(OC)cc3C)C(=O)C(=O)N2CCCN2CCOCC2)cc1. The van der Waals surface area contributed by atoms with Gasteiger partial charge in [0, 0.05) is 31.7 Å². The monoisotopic (exact) mass is 478 g/mol. The van der Waals surface area contributed by atoms with Gasteiger partial charge in [-0.15, -0.1) is 0 Å². The zero-order valence-corrected chi connectivity index (χ0v) is 20.8. The van der Waals surface area contributed by atoms with Crippen molar-refractivity contribution < 1.29 is 24.2 Å². The van der Waals surface area contributed by atoms with Gasteiger partial charge in [0.15, 0.2) is 0 Å². The number of carbonyl (C=O) groups is 2. The van der Waals surface area contributed by atoms with Crippen molar-refractivity contribution in [3.05, 3.63) is 70.3 Å². The van der Waals surface area contributed by atoms with Crippen LogP contribution >= 0.6 is 0 Å². The first-order valence-electron chi connectivity index (χ1n) is 12.3. The summed E-state index contributed by atoms with van der Waals surface area (Å²) >= 11 is 0. The molecule has 1 N–H and O–H groups in total. The minimum absolute atomic E-state index is 0.138. The lowest BCUT2D eigenvalue weighted by molar-refractivity contribution is -0.140. The van der Waals surface area contributed by atoms with Crippen molar-refractivity contribution >= 4 is 17.4 Å². The number of aliphatic hydroxyl groups excluding tert-OH is 1. The third-order valence-corrected chi connectivity index (χ3v) is 6.91. The summed E-state index contributed by atoms with van der Waals surface area (Å²) in [7, 11) is 1.58. The number of hydrogen-bond acceptors (Lipinski definition) is 6. The van der Waals surface area contributed by atoms with Gasteiger partial charge in [-0.3, -0.25) is 14.5 Å². The normalized spacial score (nSPS) is 20.4. The number of hydrogen-bond donors (Lipinski definition) is 1. The van der Waals surface area contributed by atoms with Crippen LogP contribution < -0.4 is 4.74 Å². The summed E-state index contributed by atoms with van der Waals surface area (Å²) in [5.74, 6) is -0.698. The van der Waals surface area contributed by atoms with Crippen LogP contribution in [0.1, 0.15) is 41.6 Å². The second-order valence-electron chi connectivity index (χ2n) is 9.08. The van der Waals surface area contributed by atoms with Crippen molar-refractivity contribution in [2.45, 2.75) is 32.7 Å². The molecule has 0 saturated carbocycles. The molecule has 2 aromatic rings. The Labute approximate surface area is 206 Å². The highest BCUT2D eigenvalue weighted by Gasteiger charge is 2.46. The second-order valence-corrected chi connectivity index (χ2v) is 9.08. The van der Waals surface area contributed by atoms with E-state index in [1.165, 1.54) is 5.56 Å². The molecule has 2 fully saturated rings. The Balaban J connectivity index is 1.70. The first-order valence-corrected chi connectivity index (χ1v) is 12.3. The van der Waals surface area contributed by atoms with Crippen LogP contribution in [0, 0.1) is 6.92 Å². The Morgan fingerprint density at radius 1 is 1.09 bits per heavy atom. The number of nitrogens with zero attached hydrogens (tertiary/aromatic N) is 2. The summed E-state index contributed by atoms with van der Waals surface area (Å²) in [6.45, 7) is 8.37. The summed E-state index contributed by atoms with van der Waals surface area (Å²) in [4.78, 5) is 30.4. The molecule has 0 aromatic heterocycles. The van der Waals surface area contributed by atoms with Crippen molar-refractivity contribution in [3.63, 3.8) is 0 Å². The fourth-order valence-electron chi connectivity index (χ4n) is 4.86. The summed E-state index contributed by atoms with van der Waals surface area (Å²) < 4.78 is 10.7. The van der Waals surface area contributed by atoms with Gasteiger partial charge in [0.2, 0.25) is 0 Å². The van der Waals surface area contributed by atoms with Crippen LogP contribution in [0.15, 0.2) is 48.0 Å². The number of aryl methyl sites for hydroxylation is 2. The van der Waals surface area contributed by atoms with Gasteiger partial charge in [-0.25, -0.2) is 0 Å². The molecule has 0 unspecified atom stereocenters. The number of Topliss-reactive ketones (excluding diaryl/α,β-unsaturated/α-hetero) is 1. The van der Waals surface area contributed by atoms with Crippen LogP contribution in [0.5, 0.6) is 5.75 Å². The highest BCUT2D eigenvalue weighted by atomic mass is 16.5. The van der Waals surface area contributed by atoms with Crippen molar-refractivity contribution in [3.8, 4) is 5.75 Å². The Hall–Kier alpha value is -3.16. The number of rotatable bonds is 8. The summed E-state index contributed by atoms with van der Waals surface area (Å²) in [5, 5.41) is 11.3. The van der Waals surface area contributed by atoms with Crippen LogP contribution in [-0.2, 0) is 20.7 Å². The van der Waals surface area contributed by atoms with E-state index in [9.17, 15) is 14.7 Å².